The van der Waals surface area contributed by atoms with Gasteiger partial charge in [-0.25, -0.2) is 8.42 Å². The Balaban J connectivity index is 1.66. The summed E-state index contributed by atoms with van der Waals surface area (Å²) in [4.78, 5) is 16.3. The maximum atomic E-state index is 12.3. The lowest BCUT2D eigenvalue weighted by Gasteiger charge is -2.36. The third kappa shape index (κ3) is 3.74. The fraction of sp³-hybridized carbons (Fsp3) is 0.733. The van der Waals surface area contributed by atoms with Gasteiger partial charge in [0.25, 0.3) is 0 Å². The molecular weight excluding hydrogens is 316 g/mol. The summed E-state index contributed by atoms with van der Waals surface area (Å²) in [6, 6.07) is 1.94. The van der Waals surface area contributed by atoms with Crippen molar-refractivity contribution in [3.63, 3.8) is 0 Å². The molecule has 0 saturated carbocycles. The van der Waals surface area contributed by atoms with Crippen LogP contribution >= 0.6 is 0 Å². The van der Waals surface area contributed by atoms with Crippen molar-refractivity contribution in [2.75, 3.05) is 37.7 Å². The number of hydrogen-bond acceptors (Lipinski definition) is 5. The standard InChI is InChI=1S/C15H24N4O3S/c1-2-23(21,22)9-8-17-11-13-4-5-16-19(13)14(12-17)10-15(20)18-6-3-7-18/h4-5,14H,2-3,6-12H2,1H3/t14-/m0/s1. The summed E-state index contributed by atoms with van der Waals surface area (Å²) in [5.74, 6) is 0.519. The lowest BCUT2D eigenvalue weighted by molar-refractivity contribution is -0.135. The van der Waals surface area contributed by atoms with Gasteiger partial charge < -0.3 is 4.90 Å². The van der Waals surface area contributed by atoms with E-state index in [1.54, 1.807) is 13.1 Å². The van der Waals surface area contributed by atoms with Crippen molar-refractivity contribution in [1.82, 2.24) is 19.6 Å². The number of sulfone groups is 1. The average molecular weight is 340 g/mol. The molecule has 128 valence electrons. The van der Waals surface area contributed by atoms with Gasteiger partial charge in [0.15, 0.2) is 9.84 Å². The van der Waals surface area contributed by atoms with Crippen LogP contribution in [0.3, 0.4) is 0 Å². The van der Waals surface area contributed by atoms with E-state index in [4.69, 9.17) is 0 Å². The van der Waals surface area contributed by atoms with E-state index in [0.717, 1.165) is 25.2 Å². The molecule has 3 rings (SSSR count). The topological polar surface area (TPSA) is 75.5 Å². The molecule has 1 atom stereocenters. The van der Waals surface area contributed by atoms with E-state index in [-0.39, 0.29) is 23.5 Å². The first-order valence-corrected chi connectivity index (χ1v) is 10.0. The molecule has 1 aromatic heterocycles. The maximum Gasteiger partial charge on any atom is 0.224 e. The summed E-state index contributed by atoms with van der Waals surface area (Å²) in [5, 5.41) is 4.35. The summed E-state index contributed by atoms with van der Waals surface area (Å²) >= 11 is 0. The van der Waals surface area contributed by atoms with Crippen molar-refractivity contribution >= 4 is 15.7 Å². The summed E-state index contributed by atoms with van der Waals surface area (Å²) in [5.41, 5.74) is 1.05. The number of likely N-dealkylation sites (tertiary alicyclic amines) is 1. The smallest absolute Gasteiger partial charge is 0.224 e. The Bertz CT molecular complexity index is 666. The highest BCUT2D eigenvalue weighted by Gasteiger charge is 2.30. The number of aromatic nitrogens is 2. The zero-order chi connectivity index (χ0) is 16.4. The highest BCUT2D eigenvalue weighted by Crippen LogP contribution is 2.24. The second-order valence-corrected chi connectivity index (χ2v) is 8.80. The van der Waals surface area contributed by atoms with Crippen molar-refractivity contribution in [3.05, 3.63) is 18.0 Å². The summed E-state index contributed by atoms with van der Waals surface area (Å²) in [7, 11) is -2.97. The molecule has 1 fully saturated rings. The van der Waals surface area contributed by atoms with E-state index < -0.39 is 9.84 Å². The lowest BCUT2D eigenvalue weighted by Crippen LogP contribution is -2.45. The second-order valence-electron chi connectivity index (χ2n) is 6.33. The van der Waals surface area contributed by atoms with Crippen LogP contribution in [0.4, 0.5) is 0 Å². The molecule has 1 amide bonds. The number of amides is 1. The second kappa shape index (κ2) is 6.60. The predicted octanol–water partition coefficient (Wildman–Crippen LogP) is 0.297. The first kappa shape index (κ1) is 16.4. The van der Waals surface area contributed by atoms with E-state index in [2.05, 4.69) is 10.00 Å². The molecule has 1 saturated heterocycles. The number of hydrogen-bond donors (Lipinski definition) is 0. The summed E-state index contributed by atoms with van der Waals surface area (Å²) in [6.07, 6.45) is 3.28. The van der Waals surface area contributed by atoms with Crippen LogP contribution in [-0.2, 0) is 21.2 Å². The van der Waals surface area contributed by atoms with Crippen molar-refractivity contribution in [2.45, 2.75) is 32.4 Å². The monoisotopic (exact) mass is 340 g/mol. The van der Waals surface area contributed by atoms with Crippen LogP contribution in [0.1, 0.15) is 31.5 Å². The van der Waals surface area contributed by atoms with Gasteiger partial charge in [0.05, 0.1) is 23.9 Å². The van der Waals surface area contributed by atoms with Crippen LogP contribution in [0, 0.1) is 0 Å². The molecule has 8 heteroatoms. The number of rotatable bonds is 6. The molecule has 0 N–H and O–H groups in total. The van der Waals surface area contributed by atoms with Crippen LogP contribution < -0.4 is 0 Å². The molecular formula is C15H24N4O3S. The molecule has 0 radical (unpaired) electrons. The van der Waals surface area contributed by atoms with Gasteiger partial charge in [-0.15, -0.1) is 0 Å². The number of carbonyl (C=O) groups is 1. The summed E-state index contributed by atoms with van der Waals surface area (Å²) in [6.45, 7) is 5.26. The highest BCUT2D eigenvalue weighted by atomic mass is 32.2. The molecule has 0 spiro atoms. The molecule has 0 aliphatic carbocycles. The van der Waals surface area contributed by atoms with Gasteiger partial charge in [-0.3, -0.25) is 14.4 Å². The van der Waals surface area contributed by atoms with Crippen molar-refractivity contribution in [3.8, 4) is 0 Å². The van der Waals surface area contributed by atoms with Crippen LogP contribution in [0.5, 0.6) is 0 Å². The molecule has 0 bridgehead atoms. The minimum Gasteiger partial charge on any atom is -0.342 e. The first-order valence-electron chi connectivity index (χ1n) is 8.21. The van der Waals surface area contributed by atoms with E-state index in [0.29, 0.717) is 26.1 Å². The number of nitrogens with zero attached hydrogens (tertiary/aromatic N) is 4. The van der Waals surface area contributed by atoms with Gasteiger partial charge in [-0.2, -0.15) is 5.10 Å². The fourth-order valence-electron chi connectivity index (χ4n) is 3.09. The molecule has 23 heavy (non-hydrogen) atoms. The van der Waals surface area contributed by atoms with Crippen LogP contribution in [0.25, 0.3) is 0 Å². The number of fused-ring (bicyclic) bond motifs is 1. The van der Waals surface area contributed by atoms with Crippen LogP contribution in [0.2, 0.25) is 0 Å². The van der Waals surface area contributed by atoms with E-state index in [9.17, 15) is 13.2 Å². The SMILES string of the molecule is CCS(=O)(=O)CCN1Cc2ccnn2[C@@H](CC(=O)N2CCC2)C1. The summed E-state index contributed by atoms with van der Waals surface area (Å²) < 4.78 is 25.4. The van der Waals surface area contributed by atoms with Crippen LogP contribution in [0.15, 0.2) is 12.3 Å². The van der Waals surface area contributed by atoms with Crippen molar-refractivity contribution < 1.29 is 13.2 Å². The Morgan fingerprint density at radius 2 is 2.17 bits per heavy atom. The molecule has 0 unspecified atom stereocenters. The van der Waals surface area contributed by atoms with Crippen molar-refractivity contribution in [1.29, 1.82) is 0 Å². The van der Waals surface area contributed by atoms with Gasteiger partial charge in [-0.05, 0) is 12.5 Å². The van der Waals surface area contributed by atoms with E-state index in [1.807, 2.05) is 15.6 Å². The Morgan fingerprint density at radius 3 is 2.83 bits per heavy atom. The highest BCUT2D eigenvalue weighted by molar-refractivity contribution is 7.91. The zero-order valence-corrected chi connectivity index (χ0v) is 14.3. The molecule has 2 aliphatic heterocycles. The molecule has 2 aliphatic rings. The van der Waals surface area contributed by atoms with E-state index >= 15 is 0 Å². The van der Waals surface area contributed by atoms with Gasteiger partial charge in [-0.1, -0.05) is 6.92 Å². The zero-order valence-electron chi connectivity index (χ0n) is 13.5. The van der Waals surface area contributed by atoms with Gasteiger partial charge in [0.2, 0.25) is 5.91 Å². The third-order valence-corrected chi connectivity index (χ3v) is 6.41. The Labute approximate surface area is 137 Å². The quantitative estimate of drug-likeness (QED) is 0.744. The molecule has 7 nitrogen and oxygen atoms in total. The van der Waals surface area contributed by atoms with E-state index in [1.165, 1.54) is 0 Å². The normalized spacial score (nSPS) is 21.8. The fourth-order valence-corrected chi connectivity index (χ4v) is 3.92. The predicted molar refractivity (Wildman–Crippen MR) is 86.7 cm³/mol. The molecule has 3 heterocycles. The minimum atomic E-state index is -2.97. The van der Waals surface area contributed by atoms with Gasteiger partial charge in [0.1, 0.15) is 0 Å². The Morgan fingerprint density at radius 1 is 1.39 bits per heavy atom. The average Bonchev–Trinajstić information content (AvgIpc) is 2.92. The lowest BCUT2D eigenvalue weighted by atomic mass is 10.1. The molecule has 0 aromatic carbocycles. The Kier molecular flexibility index (Phi) is 4.72. The minimum absolute atomic E-state index is 0.00817. The van der Waals surface area contributed by atoms with Gasteiger partial charge >= 0.3 is 0 Å². The number of carbonyl (C=O) groups excluding carboxylic acids is 1. The largest absolute Gasteiger partial charge is 0.342 e. The van der Waals surface area contributed by atoms with Crippen LogP contribution in [-0.4, -0.2) is 71.6 Å². The Hall–Kier alpha value is -1.41. The van der Waals surface area contributed by atoms with Gasteiger partial charge in [0, 0.05) is 44.7 Å². The molecule has 1 aromatic rings. The maximum absolute atomic E-state index is 12.3. The van der Waals surface area contributed by atoms with Crippen molar-refractivity contribution in [2.24, 2.45) is 0 Å². The first-order chi connectivity index (χ1) is 11.0. The third-order valence-electron chi connectivity index (χ3n) is 4.73.